The SMILES string of the molecule is CS(=O)(=O)C1CCN(S(=O)(=O)c2cccc3ccccc23)CC1. The van der Waals surface area contributed by atoms with Crippen LogP contribution in [0.4, 0.5) is 0 Å². The van der Waals surface area contributed by atoms with Gasteiger partial charge in [-0.15, -0.1) is 0 Å². The lowest BCUT2D eigenvalue weighted by molar-refractivity contribution is 0.346. The van der Waals surface area contributed by atoms with Gasteiger partial charge in [0.25, 0.3) is 0 Å². The van der Waals surface area contributed by atoms with Gasteiger partial charge in [0.1, 0.15) is 9.84 Å². The van der Waals surface area contributed by atoms with Gasteiger partial charge >= 0.3 is 0 Å². The van der Waals surface area contributed by atoms with Crippen molar-refractivity contribution < 1.29 is 16.8 Å². The first-order chi connectivity index (χ1) is 10.8. The molecule has 124 valence electrons. The average molecular weight is 353 g/mol. The highest BCUT2D eigenvalue weighted by Crippen LogP contribution is 2.28. The van der Waals surface area contributed by atoms with Crippen molar-refractivity contribution in [3.8, 4) is 0 Å². The normalized spacial score (nSPS) is 18.3. The standard InChI is InChI=1S/C16H19NO4S2/c1-22(18,19)14-9-11-17(12-10-14)23(20,21)16-8-4-6-13-5-2-3-7-15(13)16/h2-8,14H,9-12H2,1H3. The summed E-state index contributed by atoms with van der Waals surface area (Å²) in [5, 5.41) is 1.13. The largest absolute Gasteiger partial charge is 0.243 e. The maximum atomic E-state index is 12.9. The monoisotopic (exact) mass is 353 g/mol. The van der Waals surface area contributed by atoms with Crippen LogP contribution in [0.1, 0.15) is 12.8 Å². The Bertz CT molecular complexity index is 922. The Morgan fingerprint density at radius 1 is 0.913 bits per heavy atom. The second-order valence-electron chi connectivity index (χ2n) is 5.91. The molecule has 0 unspecified atom stereocenters. The first kappa shape index (κ1) is 16.4. The molecule has 0 radical (unpaired) electrons. The van der Waals surface area contributed by atoms with Crippen LogP contribution in [0.3, 0.4) is 0 Å². The Morgan fingerprint density at radius 3 is 2.17 bits per heavy atom. The highest BCUT2D eigenvalue weighted by atomic mass is 32.2. The molecule has 2 aromatic carbocycles. The van der Waals surface area contributed by atoms with E-state index in [2.05, 4.69) is 0 Å². The summed E-state index contributed by atoms with van der Waals surface area (Å²) >= 11 is 0. The second-order valence-corrected chi connectivity index (χ2v) is 10.1. The first-order valence-electron chi connectivity index (χ1n) is 7.47. The fourth-order valence-corrected chi connectivity index (χ4v) is 5.81. The van der Waals surface area contributed by atoms with Crippen molar-refractivity contribution in [2.75, 3.05) is 19.3 Å². The van der Waals surface area contributed by atoms with Crippen molar-refractivity contribution >= 4 is 30.6 Å². The van der Waals surface area contributed by atoms with Crippen LogP contribution in [0.2, 0.25) is 0 Å². The third-order valence-corrected chi connectivity index (χ3v) is 8.01. The van der Waals surface area contributed by atoms with Gasteiger partial charge in [0, 0.05) is 24.7 Å². The van der Waals surface area contributed by atoms with Crippen LogP contribution in [0.15, 0.2) is 47.4 Å². The number of piperidine rings is 1. The molecule has 0 bridgehead atoms. The smallest absolute Gasteiger partial charge is 0.229 e. The second kappa shape index (κ2) is 5.89. The molecule has 0 N–H and O–H groups in total. The summed E-state index contributed by atoms with van der Waals surface area (Å²) in [7, 11) is -6.73. The van der Waals surface area contributed by atoms with Gasteiger partial charge < -0.3 is 0 Å². The molecule has 0 spiro atoms. The minimum Gasteiger partial charge on any atom is -0.229 e. The predicted octanol–water partition coefficient (Wildman–Crippen LogP) is 2.04. The number of sulfonamides is 1. The Hall–Kier alpha value is -1.44. The molecular weight excluding hydrogens is 334 g/mol. The zero-order valence-electron chi connectivity index (χ0n) is 12.8. The van der Waals surface area contributed by atoms with Crippen LogP contribution >= 0.6 is 0 Å². The van der Waals surface area contributed by atoms with E-state index in [9.17, 15) is 16.8 Å². The Balaban J connectivity index is 1.93. The number of sulfone groups is 1. The summed E-state index contributed by atoms with van der Waals surface area (Å²) in [5.41, 5.74) is 0. The number of rotatable bonds is 3. The summed E-state index contributed by atoms with van der Waals surface area (Å²) in [6.07, 6.45) is 1.91. The Kier molecular flexibility index (Phi) is 4.20. The molecule has 0 atom stereocenters. The van der Waals surface area contributed by atoms with Crippen LogP contribution in [0.25, 0.3) is 10.8 Å². The molecule has 1 fully saturated rings. The van der Waals surface area contributed by atoms with E-state index in [1.165, 1.54) is 10.6 Å². The number of hydrogen-bond acceptors (Lipinski definition) is 4. The van der Waals surface area contributed by atoms with Gasteiger partial charge in [0.05, 0.1) is 10.1 Å². The van der Waals surface area contributed by atoms with E-state index >= 15 is 0 Å². The molecule has 0 saturated carbocycles. The third kappa shape index (κ3) is 3.13. The summed E-state index contributed by atoms with van der Waals surface area (Å²) in [4.78, 5) is 0.286. The van der Waals surface area contributed by atoms with Gasteiger partial charge in [-0.05, 0) is 24.3 Å². The van der Waals surface area contributed by atoms with Crippen molar-refractivity contribution in [2.24, 2.45) is 0 Å². The van der Waals surface area contributed by atoms with Gasteiger partial charge in [-0.2, -0.15) is 4.31 Å². The van der Waals surface area contributed by atoms with Crippen molar-refractivity contribution in [3.05, 3.63) is 42.5 Å². The highest BCUT2D eigenvalue weighted by Gasteiger charge is 2.33. The predicted molar refractivity (Wildman–Crippen MR) is 90.6 cm³/mol. The highest BCUT2D eigenvalue weighted by molar-refractivity contribution is 7.91. The lowest BCUT2D eigenvalue weighted by Crippen LogP contribution is -2.42. The van der Waals surface area contributed by atoms with E-state index in [1.54, 1.807) is 18.2 Å². The van der Waals surface area contributed by atoms with Gasteiger partial charge in [-0.1, -0.05) is 36.4 Å². The van der Waals surface area contributed by atoms with Crippen LogP contribution in [0.5, 0.6) is 0 Å². The number of fused-ring (bicyclic) bond motifs is 1. The molecule has 7 heteroatoms. The summed E-state index contributed by atoms with van der Waals surface area (Å²) in [6.45, 7) is 0.479. The van der Waals surface area contributed by atoms with Gasteiger partial charge in [-0.25, -0.2) is 16.8 Å². The number of nitrogens with zero attached hydrogens (tertiary/aromatic N) is 1. The maximum Gasteiger partial charge on any atom is 0.243 e. The van der Waals surface area contributed by atoms with Crippen molar-refractivity contribution in [3.63, 3.8) is 0 Å². The molecule has 2 aromatic rings. The van der Waals surface area contributed by atoms with Crippen LogP contribution in [-0.2, 0) is 19.9 Å². The van der Waals surface area contributed by atoms with Crippen molar-refractivity contribution in [1.82, 2.24) is 4.31 Å². The molecule has 0 aromatic heterocycles. The molecule has 1 aliphatic heterocycles. The van der Waals surface area contributed by atoms with E-state index in [0.29, 0.717) is 18.2 Å². The summed E-state index contributed by atoms with van der Waals surface area (Å²) in [5.74, 6) is 0. The zero-order valence-corrected chi connectivity index (χ0v) is 14.5. The molecular formula is C16H19NO4S2. The van der Waals surface area contributed by atoms with E-state index in [4.69, 9.17) is 0 Å². The Morgan fingerprint density at radius 2 is 1.52 bits per heavy atom. The molecule has 0 aliphatic carbocycles. The quantitative estimate of drug-likeness (QED) is 0.846. The number of benzene rings is 2. The Labute approximate surface area is 136 Å². The van der Waals surface area contributed by atoms with Gasteiger partial charge in [-0.3, -0.25) is 0 Å². The molecule has 23 heavy (non-hydrogen) atoms. The van der Waals surface area contributed by atoms with Crippen LogP contribution < -0.4 is 0 Å². The molecule has 1 saturated heterocycles. The van der Waals surface area contributed by atoms with E-state index in [1.807, 2.05) is 24.3 Å². The minimum absolute atomic E-state index is 0.239. The van der Waals surface area contributed by atoms with E-state index < -0.39 is 25.1 Å². The minimum atomic E-state index is -3.62. The molecule has 3 rings (SSSR count). The van der Waals surface area contributed by atoms with Crippen molar-refractivity contribution in [2.45, 2.75) is 23.0 Å². The van der Waals surface area contributed by atoms with Crippen molar-refractivity contribution in [1.29, 1.82) is 0 Å². The lowest BCUT2D eigenvalue weighted by Gasteiger charge is -2.30. The topological polar surface area (TPSA) is 71.5 Å². The molecule has 1 aliphatic rings. The maximum absolute atomic E-state index is 12.9. The summed E-state index contributed by atoms with van der Waals surface area (Å²) in [6, 6.07) is 12.6. The molecule has 5 nitrogen and oxygen atoms in total. The van der Waals surface area contributed by atoms with E-state index in [-0.39, 0.29) is 18.0 Å². The molecule has 1 heterocycles. The van der Waals surface area contributed by atoms with Gasteiger partial charge in [0.2, 0.25) is 10.0 Å². The van der Waals surface area contributed by atoms with Crippen LogP contribution in [0, 0.1) is 0 Å². The lowest BCUT2D eigenvalue weighted by atomic mass is 10.1. The first-order valence-corrected chi connectivity index (χ1v) is 10.9. The molecule has 0 amide bonds. The fourth-order valence-electron chi connectivity index (χ4n) is 3.06. The van der Waals surface area contributed by atoms with Crippen LogP contribution in [-0.4, -0.2) is 45.7 Å². The van der Waals surface area contributed by atoms with Gasteiger partial charge in [0.15, 0.2) is 0 Å². The zero-order chi connectivity index (χ0) is 16.7. The average Bonchev–Trinajstić information content (AvgIpc) is 2.53. The fraction of sp³-hybridized carbons (Fsp3) is 0.375. The number of hydrogen-bond donors (Lipinski definition) is 0. The summed E-state index contributed by atoms with van der Waals surface area (Å²) < 4.78 is 50.5. The third-order valence-electron chi connectivity index (χ3n) is 4.37. The van der Waals surface area contributed by atoms with E-state index in [0.717, 1.165) is 5.39 Å².